The van der Waals surface area contributed by atoms with Crippen molar-refractivity contribution in [2.75, 3.05) is 5.32 Å². The number of para-hydroxylation sites is 1. The van der Waals surface area contributed by atoms with Crippen LogP contribution in [0.15, 0.2) is 53.3 Å². The topological polar surface area (TPSA) is 93.1 Å². The molecule has 2 heterocycles. The van der Waals surface area contributed by atoms with Crippen LogP contribution in [0.25, 0.3) is 5.69 Å². The maximum atomic E-state index is 14.0. The van der Waals surface area contributed by atoms with Gasteiger partial charge < -0.3 is 10.6 Å². The Kier molecular flexibility index (Phi) is 5.33. The lowest BCUT2D eigenvalue weighted by Crippen LogP contribution is -2.45. The number of fused-ring (bicyclic) bond motifs is 1. The quantitative estimate of drug-likeness (QED) is 0.676. The second-order valence-corrected chi connectivity index (χ2v) is 7.22. The Balaban J connectivity index is 1.60. The minimum Gasteiger partial charge on any atom is -0.339 e. The minimum atomic E-state index is -1.05. The molecule has 0 aliphatic carbocycles. The summed E-state index contributed by atoms with van der Waals surface area (Å²) in [6, 6.07) is 11.0. The van der Waals surface area contributed by atoms with E-state index in [-0.39, 0.29) is 24.2 Å². The molecule has 1 aromatic heterocycles. The summed E-state index contributed by atoms with van der Waals surface area (Å²) in [7, 11) is 0. The zero-order chi connectivity index (χ0) is 22.1. The molecule has 1 unspecified atom stereocenters. The average molecular weight is 424 g/mol. The first kappa shape index (κ1) is 20.4. The van der Waals surface area contributed by atoms with Crippen molar-refractivity contribution in [3.05, 3.63) is 87.3 Å². The highest BCUT2D eigenvalue weighted by atomic mass is 19.1. The summed E-state index contributed by atoms with van der Waals surface area (Å²) in [4.78, 5) is 37.7. The molecule has 1 aliphatic heterocycles. The summed E-state index contributed by atoms with van der Waals surface area (Å²) in [5, 5.41) is 9.05. The molecule has 1 atom stereocenters. The molecule has 9 heteroatoms. The number of carbonyl (C=O) groups excluding carboxylic acids is 2. The molecule has 3 aromatic rings. The molecular weight excluding hydrogens is 406 g/mol. The molecule has 0 saturated carbocycles. The number of carbonyl (C=O) groups is 2. The van der Waals surface area contributed by atoms with Gasteiger partial charge in [-0.25, -0.2) is 13.5 Å². The molecule has 0 spiro atoms. The number of amides is 2. The van der Waals surface area contributed by atoms with E-state index in [9.17, 15) is 23.2 Å². The third kappa shape index (κ3) is 4.07. The van der Waals surface area contributed by atoms with E-state index in [2.05, 4.69) is 15.7 Å². The Bertz CT molecular complexity index is 1240. The summed E-state index contributed by atoms with van der Waals surface area (Å²) in [5.74, 6) is -3.12. The number of nitrogens with one attached hydrogen (secondary N) is 2. The lowest BCUT2D eigenvalue weighted by atomic mass is 10.1. The van der Waals surface area contributed by atoms with Gasteiger partial charge >= 0.3 is 0 Å². The largest absolute Gasteiger partial charge is 0.339 e. The van der Waals surface area contributed by atoms with Gasteiger partial charge in [0.25, 0.3) is 5.91 Å². The van der Waals surface area contributed by atoms with E-state index in [1.807, 2.05) is 6.07 Å². The number of hydrogen-bond donors (Lipinski definition) is 2. The number of rotatable bonds is 3. The van der Waals surface area contributed by atoms with Crippen molar-refractivity contribution in [2.45, 2.75) is 25.8 Å². The number of hydrogen-bond acceptors (Lipinski definition) is 4. The molecule has 0 saturated heterocycles. The fourth-order valence-electron chi connectivity index (χ4n) is 3.50. The molecule has 2 amide bonds. The number of halogens is 2. The van der Waals surface area contributed by atoms with Crippen molar-refractivity contribution in [1.29, 1.82) is 0 Å². The molecule has 0 bridgehead atoms. The lowest BCUT2D eigenvalue weighted by molar-refractivity contribution is -0.118. The predicted octanol–water partition coefficient (Wildman–Crippen LogP) is 2.50. The zero-order valence-electron chi connectivity index (χ0n) is 16.5. The normalized spacial score (nSPS) is 15.6. The molecule has 1 aliphatic rings. The number of anilines is 1. The number of benzene rings is 2. The SMILES string of the molecule is Cc1cc(=O)c(C(=O)NC2CCc3cc(F)cc(F)c3NC2=O)nn1-c1ccccc1. The van der Waals surface area contributed by atoms with Gasteiger partial charge in [0, 0.05) is 17.8 Å². The van der Waals surface area contributed by atoms with E-state index < -0.39 is 34.9 Å². The molecule has 0 fully saturated rings. The second kappa shape index (κ2) is 8.10. The van der Waals surface area contributed by atoms with Gasteiger partial charge in [0.2, 0.25) is 11.3 Å². The van der Waals surface area contributed by atoms with Crippen LogP contribution in [0.4, 0.5) is 14.5 Å². The fourth-order valence-corrected chi connectivity index (χ4v) is 3.50. The second-order valence-electron chi connectivity index (χ2n) is 7.22. The summed E-state index contributed by atoms with van der Waals surface area (Å²) in [6.45, 7) is 1.69. The molecule has 2 N–H and O–H groups in total. The van der Waals surface area contributed by atoms with Gasteiger partial charge in [-0.3, -0.25) is 14.4 Å². The molecule has 2 aromatic carbocycles. The van der Waals surface area contributed by atoms with Crippen LogP contribution in [0.3, 0.4) is 0 Å². The van der Waals surface area contributed by atoms with Gasteiger partial charge in [-0.1, -0.05) is 18.2 Å². The van der Waals surface area contributed by atoms with E-state index >= 15 is 0 Å². The number of nitrogens with zero attached hydrogens (tertiary/aromatic N) is 2. The minimum absolute atomic E-state index is 0.103. The van der Waals surface area contributed by atoms with Gasteiger partial charge in [0.15, 0.2) is 5.69 Å². The third-order valence-corrected chi connectivity index (χ3v) is 5.03. The fraction of sp³-hybridized carbons (Fsp3) is 0.182. The van der Waals surface area contributed by atoms with Crippen LogP contribution in [-0.4, -0.2) is 27.6 Å². The van der Waals surface area contributed by atoms with Crippen molar-refractivity contribution < 1.29 is 18.4 Å². The van der Waals surface area contributed by atoms with Gasteiger partial charge in [-0.15, -0.1) is 0 Å². The molecule has 0 radical (unpaired) electrons. The van der Waals surface area contributed by atoms with Crippen LogP contribution >= 0.6 is 0 Å². The van der Waals surface area contributed by atoms with Crippen LogP contribution in [0.2, 0.25) is 0 Å². The Morgan fingerprint density at radius 1 is 1.16 bits per heavy atom. The maximum Gasteiger partial charge on any atom is 0.276 e. The zero-order valence-corrected chi connectivity index (χ0v) is 16.5. The third-order valence-electron chi connectivity index (χ3n) is 5.03. The monoisotopic (exact) mass is 424 g/mol. The van der Waals surface area contributed by atoms with E-state index in [0.717, 1.165) is 6.07 Å². The first-order valence-electron chi connectivity index (χ1n) is 9.59. The lowest BCUT2D eigenvalue weighted by Gasteiger charge is -2.16. The first-order chi connectivity index (χ1) is 14.8. The van der Waals surface area contributed by atoms with Crippen LogP contribution in [0.5, 0.6) is 0 Å². The first-order valence-corrected chi connectivity index (χ1v) is 9.59. The van der Waals surface area contributed by atoms with Crippen molar-refractivity contribution in [2.24, 2.45) is 0 Å². The Hall–Kier alpha value is -3.88. The molecule has 4 rings (SSSR count). The standard InChI is InChI=1S/C22H18F2N4O3/c1-12-9-18(29)20(27-28(12)15-5-3-2-4-6-15)22(31)25-17-8-7-13-10-14(23)11-16(24)19(13)26-21(17)30/h2-6,9-11,17H,7-8H2,1H3,(H,25,31)(H,26,30). The van der Waals surface area contributed by atoms with Crippen molar-refractivity contribution in [1.82, 2.24) is 15.1 Å². The van der Waals surface area contributed by atoms with E-state index in [1.54, 1.807) is 31.2 Å². The highest BCUT2D eigenvalue weighted by Gasteiger charge is 2.28. The number of aryl methyl sites for hydroxylation is 2. The highest BCUT2D eigenvalue weighted by molar-refractivity contribution is 6.01. The Morgan fingerprint density at radius 2 is 1.90 bits per heavy atom. The molecular formula is C22H18F2N4O3. The summed E-state index contributed by atoms with van der Waals surface area (Å²) in [5.41, 5.74) is 0.418. The van der Waals surface area contributed by atoms with Crippen LogP contribution in [0.1, 0.15) is 28.2 Å². The predicted molar refractivity (Wildman–Crippen MR) is 109 cm³/mol. The summed E-state index contributed by atoms with van der Waals surface area (Å²) in [6.07, 6.45) is 0.259. The summed E-state index contributed by atoms with van der Waals surface area (Å²) >= 11 is 0. The van der Waals surface area contributed by atoms with Gasteiger partial charge in [-0.05, 0) is 43.5 Å². The molecule has 158 valence electrons. The smallest absolute Gasteiger partial charge is 0.276 e. The van der Waals surface area contributed by atoms with E-state index in [1.165, 1.54) is 10.7 Å². The van der Waals surface area contributed by atoms with Crippen molar-refractivity contribution in [3.8, 4) is 5.69 Å². The van der Waals surface area contributed by atoms with E-state index in [4.69, 9.17) is 0 Å². The van der Waals surface area contributed by atoms with E-state index in [0.29, 0.717) is 23.0 Å². The average Bonchev–Trinajstić information content (AvgIpc) is 2.88. The highest BCUT2D eigenvalue weighted by Crippen LogP contribution is 2.26. The molecule has 7 nitrogen and oxygen atoms in total. The Morgan fingerprint density at radius 3 is 2.65 bits per heavy atom. The molecule has 31 heavy (non-hydrogen) atoms. The Labute approximate surface area is 175 Å². The van der Waals surface area contributed by atoms with Gasteiger partial charge in [-0.2, -0.15) is 5.10 Å². The van der Waals surface area contributed by atoms with Crippen LogP contribution in [0, 0.1) is 18.6 Å². The summed E-state index contributed by atoms with van der Waals surface area (Å²) < 4.78 is 29.0. The van der Waals surface area contributed by atoms with Crippen LogP contribution < -0.4 is 16.1 Å². The maximum absolute atomic E-state index is 14.0. The van der Waals surface area contributed by atoms with Crippen molar-refractivity contribution >= 4 is 17.5 Å². The van der Waals surface area contributed by atoms with Crippen molar-refractivity contribution in [3.63, 3.8) is 0 Å². The van der Waals surface area contributed by atoms with Crippen LogP contribution in [-0.2, 0) is 11.2 Å². The van der Waals surface area contributed by atoms with Gasteiger partial charge in [0.05, 0.1) is 11.4 Å². The van der Waals surface area contributed by atoms with Gasteiger partial charge in [0.1, 0.15) is 17.7 Å². The number of aromatic nitrogens is 2.